The maximum Gasteiger partial charge on any atom is 0.233 e. The highest BCUT2D eigenvalue weighted by atomic mass is 16.6. The molecule has 0 aliphatic carbocycles. The Morgan fingerprint density at radius 3 is 2.95 bits per heavy atom. The minimum Gasteiger partial charge on any atom is -0.438 e. The number of anilines is 1. The van der Waals surface area contributed by atoms with Crippen LogP contribution in [0.1, 0.15) is 11.3 Å². The largest absolute Gasteiger partial charge is 0.438 e. The van der Waals surface area contributed by atoms with Gasteiger partial charge in [-0.1, -0.05) is 5.16 Å². The number of rotatable bonds is 4. The highest BCUT2D eigenvalue weighted by Crippen LogP contribution is 2.27. The van der Waals surface area contributed by atoms with Gasteiger partial charge in [-0.05, 0) is 31.2 Å². The van der Waals surface area contributed by atoms with Crippen molar-refractivity contribution < 1.29 is 9.57 Å². The average molecular weight is 297 g/mol. The minimum absolute atomic E-state index is 0.268. The van der Waals surface area contributed by atoms with Crippen LogP contribution in [0.2, 0.25) is 0 Å². The van der Waals surface area contributed by atoms with E-state index in [4.69, 9.17) is 10.5 Å². The zero-order chi connectivity index (χ0) is 15.5. The van der Waals surface area contributed by atoms with Gasteiger partial charge in [0.25, 0.3) is 0 Å². The number of fused-ring (bicyclic) bond motifs is 1. The first-order valence-electron chi connectivity index (χ1n) is 6.61. The van der Waals surface area contributed by atoms with Gasteiger partial charge in [-0.25, -0.2) is 9.97 Å². The van der Waals surface area contributed by atoms with E-state index in [0.717, 1.165) is 16.6 Å². The van der Waals surface area contributed by atoms with Gasteiger partial charge >= 0.3 is 0 Å². The van der Waals surface area contributed by atoms with Crippen molar-refractivity contribution in [2.45, 2.75) is 6.92 Å². The number of H-pyrrole nitrogens is 1. The van der Waals surface area contributed by atoms with Gasteiger partial charge in [0.15, 0.2) is 0 Å². The van der Waals surface area contributed by atoms with Crippen molar-refractivity contribution in [2.75, 3.05) is 12.8 Å². The van der Waals surface area contributed by atoms with Crippen LogP contribution in [0.15, 0.2) is 35.7 Å². The molecule has 3 aromatic rings. The van der Waals surface area contributed by atoms with E-state index in [1.165, 1.54) is 19.7 Å². The maximum atomic E-state index is 5.83. The number of nitrogens with two attached hydrogens (primary N) is 1. The number of nitrogen functional groups attached to an aromatic ring is 1. The van der Waals surface area contributed by atoms with Gasteiger partial charge in [0.1, 0.15) is 30.6 Å². The van der Waals surface area contributed by atoms with Crippen LogP contribution >= 0.6 is 0 Å². The van der Waals surface area contributed by atoms with E-state index in [1.807, 2.05) is 31.2 Å². The van der Waals surface area contributed by atoms with Crippen molar-refractivity contribution in [3.05, 3.63) is 41.9 Å². The summed E-state index contributed by atoms with van der Waals surface area (Å²) in [5.41, 5.74) is 8.43. The molecule has 0 aliphatic rings. The Kier molecular flexibility index (Phi) is 3.61. The number of hydrogen-bond acceptors (Lipinski definition) is 6. The summed E-state index contributed by atoms with van der Waals surface area (Å²) in [6.07, 6.45) is 2.76. The topological polar surface area (TPSA) is 98.4 Å². The zero-order valence-electron chi connectivity index (χ0n) is 12.2. The van der Waals surface area contributed by atoms with Crippen LogP contribution in [-0.2, 0) is 4.84 Å². The molecule has 7 nitrogen and oxygen atoms in total. The number of aromatic amines is 1. The number of aromatic nitrogens is 3. The van der Waals surface area contributed by atoms with Crippen LogP contribution in [-0.4, -0.2) is 28.3 Å². The summed E-state index contributed by atoms with van der Waals surface area (Å²) in [6, 6.07) is 7.77. The second kappa shape index (κ2) is 5.72. The van der Waals surface area contributed by atoms with Gasteiger partial charge in [0.05, 0.1) is 6.21 Å². The van der Waals surface area contributed by atoms with Crippen LogP contribution in [0.25, 0.3) is 10.9 Å². The molecule has 0 amide bonds. The summed E-state index contributed by atoms with van der Waals surface area (Å²) in [5, 5.41) is 4.75. The van der Waals surface area contributed by atoms with E-state index in [2.05, 4.69) is 24.9 Å². The summed E-state index contributed by atoms with van der Waals surface area (Å²) in [7, 11) is 1.44. The quantitative estimate of drug-likeness (QED) is 0.569. The van der Waals surface area contributed by atoms with Gasteiger partial charge < -0.3 is 20.3 Å². The third kappa shape index (κ3) is 2.69. The fraction of sp³-hybridized carbons (Fsp3) is 0.133. The smallest absolute Gasteiger partial charge is 0.233 e. The molecule has 0 unspecified atom stereocenters. The number of hydrogen-bond donors (Lipinski definition) is 2. The Morgan fingerprint density at radius 2 is 2.14 bits per heavy atom. The highest BCUT2D eigenvalue weighted by molar-refractivity contribution is 5.88. The predicted molar refractivity (Wildman–Crippen MR) is 84.2 cm³/mol. The van der Waals surface area contributed by atoms with Crippen LogP contribution in [0.5, 0.6) is 11.6 Å². The summed E-state index contributed by atoms with van der Waals surface area (Å²) in [6.45, 7) is 2.00. The van der Waals surface area contributed by atoms with Crippen LogP contribution in [0, 0.1) is 6.92 Å². The Hall–Kier alpha value is -3.09. The molecule has 1 aromatic carbocycles. The van der Waals surface area contributed by atoms with Crippen LogP contribution < -0.4 is 10.5 Å². The lowest BCUT2D eigenvalue weighted by atomic mass is 10.2. The minimum atomic E-state index is 0.268. The molecular formula is C15H15N5O2. The number of oxime groups is 1. The predicted octanol–water partition coefficient (Wildman–Crippen LogP) is 2.62. The standard InChI is InChI=1S/C15H15N5O2/c1-9-5-10-6-11(3-4-13(10)20-9)22-15-12(7-19-21-2)14(16)17-8-18-15/h3-8,20H,1-2H3,(H2,16,17,18). The van der Waals surface area contributed by atoms with Crippen LogP contribution in [0.3, 0.4) is 0 Å². The third-order valence-electron chi connectivity index (χ3n) is 3.11. The molecule has 0 saturated carbocycles. The molecule has 2 heterocycles. The Balaban J connectivity index is 1.97. The lowest BCUT2D eigenvalue weighted by Gasteiger charge is -2.08. The molecular weight excluding hydrogens is 282 g/mol. The number of aryl methyl sites for hydroxylation is 1. The summed E-state index contributed by atoms with van der Waals surface area (Å²) < 4.78 is 5.81. The van der Waals surface area contributed by atoms with Crippen molar-refractivity contribution in [3.63, 3.8) is 0 Å². The van der Waals surface area contributed by atoms with Gasteiger partial charge in [-0.2, -0.15) is 0 Å². The lowest BCUT2D eigenvalue weighted by Crippen LogP contribution is -2.02. The van der Waals surface area contributed by atoms with Gasteiger partial charge in [0, 0.05) is 16.6 Å². The maximum absolute atomic E-state index is 5.83. The van der Waals surface area contributed by atoms with Gasteiger partial charge in [0.2, 0.25) is 5.88 Å². The SMILES string of the molecule is CON=Cc1c(N)ncnc1Oc1ccc2[nH]c(C)cc2c1. The Morgan fingerprint density at radius 1 is 1.27 bits per heavy atom. The van der Waals surface area contributed by atoms with Crippen molar-refractivity contribution in [2.24, 2.45) is 5.16 Å². The molecule has 0 atom stereocenters. The summed E-state index contributed by atoms with van der Waals surface area (Å²) in [5.74, 6) is 1.24. The molecule has 7 heteroatoms. The normalized spacial score (nSPS) is 11.2. The fourth-order valence-electron chi connectivity index (χ4n) is 2.13. The van der Waals surface area contributed by atoms with E-state index in [0.29, 0.717) is 17.2 Å². The van der Waals surface area contributed by atoms with Crippen molar-refractivity contribution >= 4 is 22.9 Å². The van der Waals surface area contributed by atoms with E-state index in [9.17, 15) is 0 Å². The van der Waals surface area contributed by atoms with Crippen LogP contribution in [0.4, 0.5) is 5.82 Å². The molecule has 0 radical (unpaired) electrons. The highest BCUT2D eigenvalue weighted by Gasteiger charge is 2.10. The van der Waals surface area contributed by atoms with E-state index in [1.54, 1.807) is 0 Å². The molecule has 0 fully saturated rings. The number of nitrogens with zero attached hydrogens (tertiary/aromatic N) is 3. The first kappa shape index (κ1) is 13.9. The Bertz CT molecular complexity index is 841. The molecule has 3 N–H and O–H groups in total. The van der Waals surface area contributed by atoms with Gasteiger partial charge in [-0.15, -0.1) is 0 Å². The molecule has 112 valence electrons. The van der Waals surface area contributed by atoms with Crippen molar-refractivity contribution in [3.8, 4) is 11.6 Å². The monoisotopic (exact) mass is 297 g/mol. The number of ether oxygens (including phenoxy) is 1. The average Bonchev–Trinajstić information content (AvgIpc) is 2.86. The second-order valence-corrected chi connectivity index (χ2v) is 4.70. The van der Waals surface area contributed by atoms with Gasteiger partial charge in [-0.3, -0.25) is 0 Å². The molecule has 0 aliphatic heterocycles. The molecule has 0 saturated heterocycles. The molecule has 0 bridgehead atoms. The second-order valence-electron chi connectivity index (χ2n) is 4.70. The van der Waals surface area contributed by atoms with E-state index >= 15 is 0 Å². The third-order valence-corrected chi connectivity index (χ3v) is 3.11. The molecule has 2 aromatic heterocycles. The van der Waals surface area contributed by atoms with Crippen molar-refractivity contribution in [1.82, 2.24) is 15.0 Å². The zero-order valence-corrected chi connectivity index (χ0v) is 12.2. The molecule has 0 spiro atoms. The Labute approximate surface area is 126 Å². The lowest BCUT2D eigenvalue weighted by molar-refractivity contribution is 0.215. The van der Waals surface area contributed by atoms with Crippen molar-refractivity contribution in [1.29, 1.82) is 0 Å². The molecule has 3 rings (SSSR count). The number of benzene rings is 1. The van der Waals surface area contributed by atoms with E-state index in [-0.39, 0.29) is 5.82 Å². The fourth-order valence-corrected chi connectivity index (χ4v) is 2.13. The summed E-state index contributed by atoms with van der Waals surface area (Å²) >= 11 is 0. The molecule has 22 heavy (non-hydrogen) atoms. The first-order chi connectivity index (χ1) is 10.7. The first-order valence-corrected chi connectivity index (χ1v) is 6.61. The van der Waals surface area contributed by atoms with E-state index < -0.39 is 0 Å². The summed E-state index contributed by atoms with van der Waals surface area (Å²) in [4.78, 5) is 16.0. The number of nitrogens with one attached hydrogen (secondary N) is 1.